The van der Waals surface area contributed by atoms with Gasteiger partial charge in [0.25, 0.3) is 0 Å². The van der Waals surface area contributed by atoms with Crippen LogP contribution in [0.2, 0.25) is 0 Å². The van der Waals surface area contributed by atoms with Crippen LogP contribution in [0, 0.1) is 12.7 Å². The van der Waals surface area contributed by atoms with Gasteiger partial charge in [-0.2, -0.15) is 0 Å². The third-order valence-electron chi connectivity index (χ3n) is 2.99. The topological polar surface area (TPSA) is 58.2 Å². The minimum absolute atomic E-state index is 0. The van der Waals surface area contributed by atoms with Crippen LogP contribution in [0.4, 0.5) is 4.39 Å². The summed E-state index contributed by atoms with van der Waals surface area (Å²) in [7, 11) is -3.78. The van der Waals surface area contributed by atoms with Gasteiger partial charge in [0.1, 0.15) is 10.7 Å². The van der Waals surface area contributed by atoms with Gasteiger partial charge in [0, 0.05) is 12.6 Å². The molecule has 0 aliphatic carbocycles. The molecular weight excluding hydrogens is 291 g/mol. The first-order valence-corrected chi connectivity index (χ1v) is 7.46. The van der Waals surface area contributed by atoms with Gasteiger partial charge in [0.15, 0.2) is 0 Å². The first-order chi connectivity index (χ1) is 8.49. The highest BCUT2D eigenvalue weighted by atomic mass is 35.5. The van der Waals surface area contributed by atoms with E-state index >= 15 is 0 Å². The molecule has 1 aromatic carbocycles. The van der Waals surface area contributed by atoms with E-state index in [0.29, 0.717) is 6.54 Å². The van der Waals surface area contributed by atoms with Gasteiger partial charge in [0.2, 0.25) is 10.0 Å². The van der Waals surface area contributed by atoms with Crippen LogP contribution in [0.3, 0.4) is 0 Å². The highest BCUT2D eigenvalue weighted by Gasteiger charge is 2.24. The average molecular weight is 309 g/mol. The SMILES string of the molecule is Cc1ccc(F)c(S(=O)(=O)NC2CCCNC2)c1.Cl. The maximum Gasteiger partial charge on any atom is 0.243 e. The number of halogens is 2. The molecule has 0 amide bonds. The molecule has 4 nitrogen and oxygen atoms in total. The molecule has 0 bridgehead atoms. The molecule has 1 aliphatic heterocycles. The molecule has 7 heteroatoms. The molecule has 2 rings (SSSR count). The zero-order valence-electron chi connectivity index (χ0n) is 10.6. The van der Waals surface area contributed by atoms with Gasteiger partial charge in [-0.1, -0.05) is 6.07 Å². The summed E-state index contributed by atoms with van der Waals surface area (Å²) in [5, 5.41) is 3.11. The molecule has 1 fully saturated rings. The molecule has 0 spiro atoms. The second-order valence-corrected chi connectivity index (χ2v) is 6.28. The number of hydrogen-bond acceptors (Lipinski definition) is 3. The highest BCUT2D eigenvalue weighted by Crippen LogP contribution is 2.17. The summed E-state index contributed by atoms with van der Waals surface area (Å²) in [6.45, 7) is 3.23. The summed E-state index contributed by atoms with van der Waals surface area (Å²) in [6.07, 6.45) is 1.70. The van der Waals surface area contributed by atoms with Gasteiger partial charge in [-0.3, -0.25) is 0 Å². The number of benzene rings is 1. The van der Waals surface area contributed by atoms with E-state index in [4.69, 9.17) is 0 Å². The molecule has 1 atom stereocenters. The number of piperidine rings is 1. The molecule has 19 heavy (non-hydrogen) atoms. The van der Waals surface area contributed by atoms with E-state index in [1.807, 2.05) is 0 Å². The number of nitrogens with one attached hydrogen (secondary N) is 2. The maximum absolute atomic E-state index is 13.6. The van der Waals surface area contributed by atoms with E-state index in [0.717, 1.165) is 24.9 Å². The molecule has 1 unspecified atom stereocenters. The third-order valence-corrected chi connectivity index (χ3v) is 4.53. The van der Waals surface area contributed by atoms with Gasteiger partial charge in [0.05, 0.1) is 0 Å². The van der Waals surface area contributed by atoms with Crippen LogP contribution in [0.25, 0.3) is 0 Å². The lowest BCUT2D eigenvalue weighted by molar-refractivity contribution is 0.427. The maximum atomic E-state index is 13.6. The van der Waals surface area contributed by atoms with Crippen molar-refractivity contribution in [2.24, 2.45) is 0 Å². The minimum atomic E-state index is -3.78. The van der Waals surface area contributed by atoms with Crippen molar-refractivity contribution in [1.29, 1.82) is 0 Å². The Bertz CT molecular complexity index is 531. The summed E-state index contributed by atoms with van der Waals surface area (Å²) >= 11 is 0. The summed E-state index contributed by atoms with van der Waals surface area (Å²) in [4.78, 5) is -0.270. The molecule has 0 aromatic heterocycles. The molecule has 0 radical (unpaired) electrons. The van der Waals surface area contributed by atoms with Crippen LogP contribution < -0.4 is 10.0 Å². The van der Waals surface area contributed by atoms with E-state index in [2.05, 4.69) is 10.0 Å². The van der Waals surface area contributed by atoms with Gasteiger partial charge in [-0.15, -0.1) is 12.4 Å². The Hall–Kier alpha value is -0.690. The number of rotatable bonds is 3. The van der Waals surface area contributed by atoms with Gasteiger partial charge in [-0.05, 0) is 44.0 Å². The van der Waals surface area contributed by atoms with Crippen molar-refractivity contribution >= 4 is 22.4 Å². The predicted molar refractivity (Wildman–Crippen MR) is 74.6 cm³/mol. The van der Waals surface area contributed by atoms with Crippen LogP contribution >= 0.6 is 12.4 Å². The van der Waals surface area contributed by atoms with E-state index in [-0.39, 0.29) is 23.3 Å². The number of aryl methyl sites for hydroxylation is 1. The molecule has 2 N–H and O–H groups in total. The second kappa shape index (κ2) is 6.65. The fourth-order valence-electron chi connectivity index (χ4n) is 2.05. The fourth-order valence-corrected chi connectivity index (χ4v) is 3.48. The van der Waals surface area contributed by atoms with Gasteiger partial charge >= 0.3 is 0 Å². The first-order valence-electron chi connectivity index (χ1n) is 5.98. The van der Waals surface area contributed by atoms with Crippen molar-refractivity contribution in [2.45, 2.75) is 30.7 Å². The molecule has 1 aliphatic rings. The van der Waals surface area contributed by atoms with E-state index in [1.54, 1.807) is 13.0 Å². The highest BCUT2D eigenvalue weighted by molar-refractivity contribution is 7.89. The van der Waals surface area contributed by atoms with E-state index in [1.165, 1.54) is 12.1 Å². The lowest BCUT2D eigenvalue weighted by Gasteiger charge is -2.23. The van der Waals surface area contributed by atoms with Crippen LogP contribution in [0.5, 0.6) is 0 Å². The Morgan fingerprint density at radius 3 is 2.79 bits per heavy atom. The van der Waals surface area contributed by atoms with Crippen molar-refractivity contribution < 1.29 is 12.8 Å². The van der Waals surface area contributed by atoms with Crippen molar-refractivity contribution in [3.8, 4) is 0 Å². The lowest BCUT2D eigenvalue weighted by atomic mass is 10.1. The number of hydrogen-bond donors (Lipinski definition) is 2. The minimum Gasteiger partial charge on any atom is -0.315 e. The standard InChI is InChI=1S/C12H17FN2O2S.ClH/c1-9-4-5-11(13)12(7-9)18(16,17)15-10-3-2-6-14-8-10;/h4-5,7,10,14-15H,2-3,6,8H2,1H3;1H. The second-order valence-electron chi connectivity index (χ2n) is 4.60. The Morgan fingerprint density at radius 1 is 1.42 bits per heavy atom. The Balaban J connectivity index is 0.00000180. The molecule has 1 aromatic rings. The molecule has 0 saturated carbocycles. The summed E-state index contributed by atoms with van der Waals surface area (Å²) < 4.78 is 40.3. The lowest BCUT2D eigenvalue weighted by Crippen LogP contribution is -2.45. The zero-order valence-corrected chi connectivity index (χ0v) is 12.3. The molecular formula is C12H18ClFN2O2S. The smallest absolute Gasteiger partial charge is 0.243 e. The van der Waals surface area contributed by atoms with Crippen LogP contribution in [-0.2, 0) is 10.0 Å². The van der Waals surface area contributed by atoms with Gasteiger partial charge in [-0.25, -0.2) is 17.5 Å². The average Bonchev–Trinajstić information content (AvgIpc) is 2.33. The molecule has 1 saturated heterocycles. The Labute approximate surface area is 119 Å². The van der Waals surface area contributed by atoms with Crippen molar-refractivity contribution in [3.63, 3.8) is 0 Å². The third kappa shape index (κ3) is 4.14. The summed E-state index contributed by atoms with van der Waals surface area (Å²) in [5.74, 6) is -0.711. The summed E-state index contributed by atoms with van der Waals surface area (Å²) in [5.41, 5.74) is 0.721. The normalized spacial score (nSPS) is 19.8. The molecule has 108 valence electrons. The van der Waals surface area contributed by atoms with Crippen molar-refractivity contribution in [3.05, 3.63) is 29.6 Å². The fraction of sp³-hybridized carbons (Fsp3) is 0.500. The van der Waals surface area contributed by atoms with Crippen molar-refractivity contribution in [1.82, 2.24) is 10.0 Å². The van der Waals surface area contributed by atoms with E-state index in [9.17, 15) is 12.8 Å². The Kier molecular flexibility index (Phi) is 5.73. The number of sulfonamides is 1. The van der Waals surface area contributed by atoms with Crippen LogP contribution in [0.15, 0.2) is 23.1 Å². The van der Waals surface area contributed by atoms with Crippen molar-refractivity contribution in [2.75, 3.05) is 13.1 Å². The van der Waals surface area contributed by atoms with E-state index < -0.39 is 15.8 Å². The molecule has 1 heterocycles. The Morgan fingerprint density at radius 2 is 2.16 bits per heavy atom. The van der Waals surface area contributed by atoms with Crippen LogP contribution in [-0.4, -0.2) is 27.5 Å². The van der Waals surface area contributed by atoms with Crippen LogP contribution in [0.1, 0.15) is 18.4 Å². The van der Waals surface area contributed by atoms with Gasteiger partial charge < -0.3 is 5.32 Å². The zero-order chi connectivity index (χ0) is 13.2. The quantitative estimate of drug-likeness (QED) is 0.891. The largest absolute Gasteiger partial charge is 0.315 e. The predicted octanol–water partition coefficient (Wildman–Crippen LogP) is 1.59. The monoisotopic (exact) mass is 308 g/mol. The first kappa shape index (κ1) is 16.4. The summed E-state index contributed by atoms with van der Waals surface area (Å²) in [6, 6.07) is 3.93.